The van der Waals surface area contributed by atoms with Gasteiger partial charge in [-0.2, -0.15) is 0 Å². The summed E-state index contributed by atoms with van der Waals surface area (Å²) in [5, 5.41) is 4.24. The maximum Gasteiger partial charge on any atom is 0.250 e. The summed E-state index contributed by atoms with van der Waals surface area (Å²) in [6.07, 6.45) is 3.23. The number of para-hydroxylation sites is 2. The molecular weight excluding hydrogens is 338 g/mol. The minimum absolute atomic E-state index is 0.203. The zero-order chi connectivity index (χ0) is 16.5. The van der Waals surface area contributed by atoms with Crippen molar-refractivity contribution in [3.63, 3.8) is 0 Å². The molecule has 0 unspecified atom stereocenters. The number of aryl methyl sites for hydroxylation is 1. The van der Waals surface area contributed by atoms with E-state index in [4.69, 9.17) is 0 Å². The van der Waals surface area contributed by atoms with Crippen molar-refractivity contribution in [2.75, 3.05) is 5.32 Å². The molecule has 0 saturated heterocycles. The molecule has 0 aliphatic heterocycles. The third-order valence-corrected chi connectivity index (χ3v) is 5.48. The molecule has 0 spiro atoms. The highest BCUT2D eigenvalue weighted by molar-refractivity contribution is 7.22. The molecular formula is C18H13N3OS2. The first-order chi connectivity index (χ1) is 11.7. The Bertz CT molecular complexity index is 1050. The van der Waals surface area contributed by atoms with Crippen molar-refractivity contribution < 1.29 is 4.79 Å². The average Bonchev–Trinajstić information content (AvgIpc) is 3.16. The predicted octanol–water partition coefficient (Wildman–Crippen LogP) is 4.87. The van der Waals surface area contributed by atoms with Gasteiger partial charge in [0.25, 0.3) is 0 Å². The Morgan fingerprint density at radius 3 is 2.71 bits per heavy atom. The van der Waals surface area contributed by atoms with Crippen LogP contribution in [-0.4, -0.2) is 15.9 Å². The predicted molar refractivity (Wildman–Crippen MR) is 102 cm³/mol. The number of thiazole rings is 2. The Hall–Kier alpha value is -2.57. The number of fused-ring (bicyclic) bond motifs is 2. The Kier molecular flexibility index (Phi) is 3.84. The summed E-state index contributed by atoms with van der Waals surface area (Å²) >= 11 is 3.04. The van der Waals surface area contributed by atoms with Gasteiger partial charge in [-0.05, 0) is 36.8 Å². The molecule has 0 aliphatic carbocycles. The molecule has 118 valence electrons. The van der Waals surface area contributed by atoms with E-state index >= 15 is 0 Å². The van der Waals surface area contributed by atoms with Gasteiger partial charge in [0.15, 0.2) is 5.13 Å². The zero-order valence-corrected chi connectivity index (χ0v) is 14.4. The maximum absolute atomic E-state index is 12.1. The molecule has 0 atom stereocenters. The highest BCUT2D eigenvalue weighted by Gasteiger charge is 2.07. The molecule has 4 nitrogen and oxygen atoms in total. The largest absolute Gasteiger partial charge is 0.298 e. The van der Waals surface area contributed by atoms with Gasteiger partial charge in [-0.15, -0.1) is 11.3 Å². The summed E-state index contributed by atoms with van der Waals surface area (Å²) in [4.78, 5) is 21.1. The number of aromatic nitrogens is 2. The summed E-state index contributed by atoms with van der Waals surface area (Å²) in [6.45, 7) is 2.01. The minimum atomic E-state index is -0.203. The van der Waals surface area contributed by atoms with Crippen LogP contribution < -0.4 is 5.32 Å². The minimum Gasteiger partial charge on any atom is -0.298 e. The number of amides is 1. The second-order valence-electron chi connectivity index (χ2n) is 5.28. The summed E-state index contributed by atoms with van der Waals surface area (Å²) in [5.41, 5.74) is 2.99. The molecule has 0 aliphatic rings. The molecule has 0 bridgehead atoms. The third-order valence-electron chi connectivity index (χ3n) is 3.54. The summed E-state index contributed by atoms with van der Waals surface area (Å²) in [7, 11) is 0. The Balaban J connectivity index is 1.51. The van der Waals surface area contributed by atoms with Gasteiger partial charge in [0.2, 0.25) is 5.91 Å². The topological polar surface area (TPSA) is 54.9 Å². The van der Waals surface area contributed by atoms with E-state index in [1.807, 2.05) is 49.4 Å². The van der Waals surface area contributed by atoms with Gasteiger partial charge in [-0.25, -0.2) is 9.97 Å². The van der Waals surface area contributed by atoms with Gasteiger partial charge < -0.3 is 0 Å². The van der Waals surface area contributed by atoms with Crippen molar-refractivity contribution in [2.45, 2.75) is 6.92 Å². The first kappa shape index (κ1) is 15.0. The van der Waals surface area contributed by atoms with Gasteiger partial charge in [-0.3, -0.25) is 10.1 Å². The number of carbonyl (C=O) groups is 1. The molecule has 1 N–H and O–H groups in total. The lowest BCUT2D eigenvalue weighted by Gasteiger charge is -1.94. The van der Waals surface area contributed by atoms with Crippen LogP contribution >= 0.6 is 22.7 Å². The second-order valence-corrected chi connectivity index (χ2v) is 7.38. The van der Waals surface area contributed by atoms with Crippen LogP contribution in [0.4, 0.5) is 5.13 Å². The fraction of sp³-hybridized carbons (Fsp3) is 0.0556. The highest BCUT2D eigenvalue weighted by atomic mass is 32.1. The number of anilines is 1. The van der Waals surface area contributed by atoms with Crippen molar-refractivity contribution in [1.82, 2.24) is 9.97 Å². The summed E-state index contributed by atoms with van der Waals surface area (Å²) in [5.74, 6) is -0.203. The standard InChI is InChI=1S/C18H13N3OS2/c1-11-5-4-8-14-17(11)21-18(24-14)20-15(22)9-10-16-19-12-6-2-3-7-13(12)23-16/h2-10H,1H3,(H,20,21,22)/b10-9+. The van der Waals surface area contributed by atoms with Crippen molar-refractivity contribution in [2.24, 2.45) is 0 Å². The van der Waals surface area contributed by atoms with Crippen molar-refractivity contribution in [1.29, 1.82) is 0 Å². The van der Waals surface area contributed by atoms with Crippen molar-refractivity contribution >= 4 is 60.2 Å². The van der Waals surface area contributed by atoms with Crippen LogP contribution in [0.3, 0.4) is 0 Å². The molecule has 2 aromatic heterocycles. The van der Waals surface area contributed by atoms with E-state index in [2.05, 4.69) is 15.3 Å². The first-order valence-electron chi connectivity index (χ1n) is 7.40. The van der Waals surface area contributed by atoms with Crippen LogP contribution in [0.1, 0.15) is 10.6 Å². The molecule has 0 saturated carbocycles. The van der Waals surface area contributed by atoms with Gasteiger partial charge in [0.05, 0.1) is 20.4 Å². The lowest BCUT2D eigenvalue weighted by Crippen LogP contribution is -2.07. The number of hydrogen-bond acceptors (Lipinski definition) is 5. The van der Waals surface area contributed by atoms with Crippen molar-refractivity contribution in [3.8, 4) is 0 Å². The van der Waals surface area contributed by atoms with E-state index < -0.39 is 0 Å². The summed E-state index contributed by atoms with van der Waals surface area (Å²) in [6, 6.07) is 13.9. The molecule has 4 aromatic rings. The van der Waals surface area contributed by atoms with E-state index in [9.17, 15) is 4.79 Å². The van der Waals surface area contributed by atoms with Gasteiger partial charge in [0.1, 0.15) is 5.01 Å². The van der Waals surface area contributed by atoms with Gasteiger partial charge in [0, 0.05) is 6.08 Å². The van der Waals surface area contributed by atoms with Crippen LogP contribution in [0.15, 0.2) is 48.5 Å². The second kappa shape index (κ2) is 6.14. The van der Waals surface area contributed by atoms with Crippen LogP contribution in [0, 0.1) is 6.92 Å². The third kappa shape index (κ3) is 2.93. The van der Waals surface area contributed by atoms with Crippen LogP contribution in [0.25, 0.3) is 26.5 Å². The Morgan fingerprint density at radius 1 is 1.04 bits per heavy atom. The Morgan fingerprint density at radius 2 is 1.88 bits per heavy atom. The Labute approximate surface area is 146 Å². The van der Waals surface area contributed by atoms with E-state index in [0.717, 1.165) is 31.0 Å². The molecule has 0 fully saturated rings. The summed E-state index contributed by atoms with van der Waals surface area (Å²) < 4.78 is 2.18. The number of hydrogen-bond donors (Lipinski definition) is 1. The number of nitrogens with one attached hydrogen (secondary N) is 1. The van der Waals surface area contributed by atoms with E-state index in [1.54, 1.807) is 17.4 Å². The number of benzene rings is 2. The molecule has 2 aromatic carbocycles. The lowest BCUT2D eigenvalue weighted by molar-refractivity contribution is -0.111. The monoisotopic (exact) mass is 351 g/mol. The van der Waals surface area contributed by atoms with E-state index in [0.29, 0.717) is 5.13 Å². The normalized spacial score (nSPS) is 11.5. The number of rotatable bonds is 3. The molecule has 24 heavy (non-hydrogen) atoms. The zero-order valence-electron chi connectivity index (χ0n) is 12.8. The number of nitrogens with zero attached hydrogens (tertiary/aromatic N) is 2. The number of carbonyl (C=O) groups excluding carboxylic acids is 1. The molecule has 0 radical (unpaired) electrons. The fourth-order valence-electron chi connectivity index (χ4n) is 2.40. The van der Waals surface area contributed by atoms with Crippen LogP contribution in [0.5, 0.6) is 0 Å². The SMILES string of the molecule is Cc1cccc2sc(NC(=O)/C=C/c3nc4ccccc4s3)nc12. The molecule has 2 heterocycles. The molecule has 1 amide bonds. The first-order valence-corrected chi connectivity index (χ1v) is 9.03. The van der Waals surface area contributed by atoms with Crippen LogP contribution in [-0.2, 0) is 4.79 Å². The average molecular weight is 351 g/mol. The molecule has 4 rings (SSSR count). The maximum atomic E-state index is 12.1. The smallest absolute Gasteiger partial charge is 0.250 e. The molecule has 6 heteroatoms. The van der Waals surface area contributed by atoms with Crippen LogP contribution in [0.2, 0.25) is 0 Å². The van der Waals surface area contributed by atoms with Gasteiger partial charge in [-0.1, -0.05) is 35.6 Å². The van der Waals surface area contributed by atoms with Gasteiger partial charge >= 0.3 is 0 Å². The van der Waals surface area contributed by atoms with E-state index in [-0.39, 0.29) is 5.91 Å². The van der Waals surface area contributed by atoms with Crippen molar-refractivity contribution in [3.05, 3.63) is 59.1 Å². The lowest BCUT2D eigenvalue weighted by atomic mass is 10.2. The highest BCUT2D eigenvalue weighted by Crippen LogP contribution is 2.28. The quantitative estimate of drug-likeness (QED) is 0.536. The van der Waals surface area contributed by atoms with E-state index in [1.165, 1.54) is 17.4 Å². The fourth-order valence-corrected chi connectivity index (χ4v) is 4.21.